The van der Waals surface area contributed by atoms with Gasteiger partial charge in [-0.2, -0.15) is 0 Å². The zero-order valence-electron chi connectivity index (χ0n) is 11.7. The molecule has 1 aromatic rings. The predicted octanol–water partition coefficient (Wildman–Crippen LogP) is 3.04. The SMILES string of the molecule is O=C(CCOc1ccc(Cl)c(Cl)c1)NCC1(CCO)CC1. The maximum atomic E-state index is 11.7. The van der Waals surface area contributed by atoms with Gasteiger partial charge in [0.15, 0.2) is 0 Å². The molecule has 0 radical (unpaired) electrons. The Balaban J connectivity index is 1.66. The minimum Gasteiger partial charge on any atom is -0.493 e. The first-order chi connectivity index (χ1) is 10.0. The first-order valence-electron chi connectivity index (χ1n) is 7.00. The molecule has 0 aromatic heterocycles. The number of nitrogens with one attached hydrogen (secondary N) is 1. The molecule has 4 nitrogen and oxygen atoms in total. The van der Waals surface area contributed by atoms with E-state index in [0.717, 1.165) is 19.3 Å². The van der Waals surface area contributed by atoms with E-state index in [2.05, 4.69) is 5.32 Å². The Morgan fingerprint density at radius 2 is 2.10 bits per heavy atom. The summed E-state index contributed by atoms with van der Waals surface area (Å²) in [4.78, 5) is 11.7. The Morgan fingerprint density at radius 3 is 2.71 bits per heavy atom. The summed E-state index contributed by atoms with van der Waals surface area (Å²) in [6.45, 7) is 1.10. The van der Waals surface area contributed by atoms with Gasteiger partial charge in [0.05, 0.1) is 23.1 Å². The van der Waals surface area contributed by atoms with Crippen LogP contribution in [0.4, 0.5) is 0 Å². The maximum absolute atomic E-state index is 11.7. The summed E-state index contributed by atoms with van der Waals surface area (Å²) < 4.78 is 5.46. The third-order valence-electron chi connectivity index (χ3n) is 3.75. The smallest absolute Gasteiger partial charge is 0.223 e. The summed E-state index contributed by atoms with van der Waals surface area (Å²) in [6, 6.07) is 5.00. The van der Waals surface area contributed by atoms with Crippen molar-refractivity contribution < 1.29 is 14.6 Å². The number of carbonyl (C=O) groups is 1. The van der Waals surface area contributed by atoms with E-state index in [1.54, 1.807) is 18.2 Å². The number of hydrogen-bond donors (Lipinski definition) is 2. The van der Waals surface area contributed by atoms with E-state index < -0.39 is 0 Å². The molecule has 1 amide bonds. The normalized spacial score (nSPS) is 15.6. The van der Waals surface area contributed by atoms with Crippen molar-refractivity contribution in [2.24, 2.45) is 5.41 Å². The van der Waals surface area contributed by atoms with E-state index in [-0.39, 0.29) is 31.0 Å². The number of halogens is 2. The molecule has 1 aliphatic carbocycles. The van der Waals surface area contributed by atoms with Crippen LogP contribution in [0, 0.1) is 5.41 Å². The highest BCUT2D eigenvalue weighted by atomic mass is 35.5. The molecule has 2 N–H and O–H groups in total. The fourth-order valence-electron chi connectivity index (χ4n) is 2.13. The van der Waals surface area contributed by atoms with E-state index >= 15 is 0 Å². The van der Waals surface area contributed by atoms with Crippen LogP contribution in [0.3, 0.4) is 0 Å². The lowest BCUT2D eigenvalue weighted by molar-refractivity contribution is -0.121. The number of rotatable bonds is 8. The molecule has 0 bridgehead atoms. The summed E-state index contributed by atoms with van der Waals surface area (Å²) in [6.07, 6.45) is 3.20. The molecule has 6 heteroatoms. The van der Waals surface area contributed by atoms with Gasteiger partial charge >= 0.3 is 0 Å². The summed E-state index contributed by atoms with van der Waals surface area (Å²) in [5.41, 5.74) is 0.134. The minimum absolute atomic E-state index is 0.0423. The van der Waals surface area contributed by atoms with E-state index in [1.807, 2.05) is 0 Å². The lowest BCUT2D eigenvalue weighted by Gasteiger charge is -2.14. The molecule has 0 heterocycles. The van der Waals surface area contributed by atoms with Gasteiger partial charge in [0.25, 0.3) is 0 Å². The van der Waals surface area contributed by atoms with Gasteiger partial charge in [-0.05, 0) is 36.8 Å². The van der Waals surface area contributed by atoms with Crippen molar-refractivity contribution >= 4 is 29.1 Å². The van der Waals surface area contributed by atoms with E-state index in [4.69, 9.17) is 33.0 Å². The van der Waals surface area contributed by atoms with Crippen LogP contribution in [0.25, 0.3) is 0 Å². The minimum atomic E-state index is -0.0423. The number of benzene rings is 1. The second-order valence-electron chi connectivity index (χ2n) is 5.42. The van der Waals surface area contributed by atoms with Crippen LogP contribution >= 0.6 is 23.2 Å². The van der Waals surface area contributed by atoms with Crippen LogP contribution in [-0.2, 0) is 4.79 Å². The Morgan fingerprint density at radius 1 is 1.33 bits per heavy atom. The third-order valence-corrected chi connectivity index (χ3v) is 4.49. The molecule has 0 aliphatic heterocycles. The van der Waals surface area contributed by atoms with Gasteiger partial charge < -0.3 is 15.2 Å². The number of ether oxygens (including phenoxy) is 1. The second-order valence-corrected chi connectivity index (χ2v) is 6.24. The van der Waals surface area contributed by atoms with Crippen molar-refractivity contribution in [2.75, 3.05) is 19.8 Å². The van der Waals surface area contributed by atoms with Crippen molar-refractivity contribution in [3.8, 4) is 5.75 Å². The summed E-state index contributed by atoms with van der Waals surface area (Å²) in [5, 5.41) is 12.8. The number of aliphatic hydroxyl groups is 1. The average molecular weight is 332 g/mol. The van der Waals surface area contributed by atoms with E-state index in [0.29, 0.717) is 22.3 Å². The molecule has 0 unspecified atom stereocenters. The molecule has 0 atom stereocenters. The van der Waals surface area contributed by atoms with Crippen LogP contribution < -0.4 is 10.1 Å². The Hall–Kier alpha value is -0.970. The monoisotopic (exact) mass is 331 g/mol. The fraction of sp³-hybridized carbons (Fsp3) is 0.533. The predicted molar refractivity (Wildman–Crippen MR) is 83.0 cm³/mol. The molecule has 1 aliphatic rings. The third kappa shape index (κ3) is 5.06. The topological polar surface area (TPSA) is 58.6 Å². The standard InChI is InChI=1S/C15H19Cl2NO3/c16-12-2-1-11(9-13(12)17)21-8-3-14(20)18-10-15(4-5-15)6-7-19/h1-2,9,19H,3-8,10H2,(H,18,20). The molecular weight excluding hydrogens is 313 g/mol. The van der Waals surface area contributed by atoms with Crippen LogP contribution in [0.1, 0.15) is 25.7 Å². The molecule has 21 heavy (non-hydrogen) atoms. The highest BCUT2D eigenvalue weighted by Crippen LogP contribution is 2.47. The van der Waals surface area contributed by atoms with Gasteiger partial charge in [0.2, 0.25) is 5.91 Å². The lowest BCUT2D eigenvalue weighted by atomic mass is 10.0. The van der Waals surface area contributed by atoms with Gasteiger partial charge in [-0.3, -0.25) is 4.79 Å². The second kappa shape index (κ2) is 7.34. The number of hydrogen-bond acceptors (Lipinski definition) is 3. The fourth-order valence-corrected chi connectivity index (χ4v) is 2.42. The van der Waals surface area contributed by atoms with Gasteiger partial charge in [-0.1, -0.05) is 23.2 Å². The molecule has 1 saturated carbocycles. The van der Waals surface area contributed by atoms with Crippen molar-refractivity contribution in [1.82, 2.24) is 5.32 Å². The molecule has 1 fully saturated rings. The molecular formula is C15H19Cl2NO3. The van der Waals surface area contributed by atoms with Gasteiger partial charge in [0, 0.05) is 19.2 Å². The van der Waals surface area contributed by atoms with E-state index in [9.17, 15) is 4.79 Å². The zero-order chi connectivity index (χ0) is 15.3. The largest absolute Gasteiger partial charge is 0.493 e. The van der Waals surface area contributed by atoms with Crippen LogP contribution in [0.2, 0.25) is 10.0 Å². The Kier molecular flexibility index (Phi) is 5.73. The Bertz CT molecular complexity index is 504. The van der Waals surface area contributed by atoms with Crippen LogP contribution in [0.15, 0.2) is 18.2 Å². The van der Waals surface area contributed by atoms with Gasteiger partial charge in [-0.15, -0.1) is 0 Å². The number of carbonyl (C=O) groups excluding carboxylic acids is 1. The van der Waals surface area contributed by atoms with E-state index in [1.165, 1.54) is 0 Å². The zero-order valence-corrected chi connectivity index (χ0v) is 13.2. The summed E-state index contributed by atoms with van der Waals surface area (Å²) >= 11 is 11.7. The first-order valence-corrected chi connectivity index (χ1v) is 7.76. The first kappa shape index (κ1) is 16.4. The number of aliphatic hydroxyl groups excluding tert-OH is 1. The van der Waals surface area contributed by atoms with Crippen molar-refractivity contribution in [2.45, 2.75) is 25.7 Å². The molecule has 1 aromatic carbocycles. The molecule has 0 saturated heterocycles. The van der Waals surface area contributed by atoms with Crippen molar-refractivity contribution in [3.63, 3.8) is 0 Å². The Labute approximate surface area is 134 Å². The van der Waals surface area contributed by atoms with Gasteiger partial charge in [-0.25, -0.2) is 0 Å². The molecule has 0 spiro atoms. The van der Waals surface area contributed by atoms with Gasteiger partial charge in [0.1, 0.15) is 5.75 Å². The van der Waals surface area contributed by atoms with Crippen LogP contribution in [0.5, 0.6) is 5.75 Å². The van der Waals surface area contributed by atoms with Crippen molar-refractivity contribution in [3.05, 3.63) is 28.2 Å². The highest BCUT2D eigenvalue weighted by Gasteiger charge is 2.41. The maximum Gasteiger partial charge on any atom is 0.223 e. The van der Waals surface area contributed by atoms with Crippen molar-refractivity contribution in [1.29, 1.82) is 0 Å². The lowest BCUT2D eigenvalue weighted by Crippen LogP contribution is -2.31. The highest BCUT2D eigenvalue weighted by molar-refractivity contribution is 6.42. The molecule has 116 valence electrons. The average Bonchev–Trinajstić information content (AvgIpc) is 3.21. The molecule has 2 rings (SSSR count). The van der Waals surface area contributed by atoms with Crippen LogP contribution in [-0.4, -0.2) is 30.8 Å². The summed E-state index contributed by atoms with van der Waals surface area (Å²) in [5.74, 6) is 0.551. The quantitative estimate of drug-likeness (QED) is 0.769. The number of amides is 1. The summed E-state index contributed by atoms with van der Waals surface area (Å²) in [7, 11) is 0.